The molecule has 3 aromatic rings. The second-order valence-corrected chi connectivity index (χ2v) is 17.2. The predicted octanol–water partition coefficient (Wildman–Crippen LogP) is 7.33. The van der Waals surface area contributed by atoms with E-state index in [1.165, 1.54) is 10.4 Å². The number of Topliss-reactive ketones (excluding diaryl/α,β-unsaturated/α-hetero) is 1. The van der Waals surface area contributed by atoms with E-state index in [1.807, 2.05) is 18.2 Å². The van der Waals surface area contributed by atoms with Crippen molar-refractivity contribution in [2.75, 3.05) is 6.79 Å². The zero-order valence-electron chi connectivity index (χ0n) is 27.9. The van der Waals surface area contributed by atoms with Gasteiger partial charge < -0.3 is 13.9 Å². The van der Waals surface area contributed by atoms with E-state index >= 15 is 0 Å². The van der Waals surface area contributed by atoms with Crippen LogP contribution in [0.5, 0.6) is 0 Å². The van der Waals surface area contributed by atoms with Gasteiger partial charge in [-0.05, 0) is 70.7 Å². The summed E-state index contributed by atoms with van der Waals surface area (Å²) in [7, 11) is -2.08. The zero-order chi connectivity index (χ0) is 31.7. The Morgan fingerprint density at radius 2 is 1.44 bits per heavy atom. The minimum Gasteiger partial charge on any atom is -0.407 e. The highest BCUT2D eigenvalue weighted by molar-refractivity contribution is 6.80. The average molecular weight is 625 g/mol. The van der Waals surface area contributed by atoms with E-state index < -0.39 is 9.04 Å². The first-order chi connectivity index (χ1) is 21.7. The molecule has 0 heterocycles. The fraction of sp³-hybridized carbons (Fsp3) is 0.525. The minimum atomic E-state index is -2.08. The van der Waals surface area contributed by atoms with Crippen molar-refractivity contribution in [2.45, 2.75) is 92.0 Å². The Hall–Kier alpha value is -2.57. The van der Waals surface area contributed by atoms with Crippen molar-refractivity contribution in [1.29, 1.82) is 0 Å². The van der Waals surface area contributed by atoms with Crippen molar-refractivity contribution in [3.05, 3.63) is 96.6 Å². The van der Waals surface area contributed by atoms with Crippen LogP contribution < -0.4 is 10.4 Å². The smallest absolute Gasteiger partial charge is 0.240 e. The van der Waals surface area contributed by atoms with Gasteiger partial charge >= 0.3 is 0 Å². The third-order valence-corrected chi connectivity index (χ3v) is 15.2. The van der Waals surface area contributed by atoms with E-state index in [9.17, 15) is 4.79 Å². The lowest BCUT2D eigenvalue weighted by Gasteiger charge is -2.63. The fourth-order valence-corrected chi connectivity index (χ4v) is 12.2. The Balaban J connectivity index is 1.40. The highest BCUT2D eigenvalue weighted by Crippen LogP contribution is 2.68. The van der Waals surface area contributed by atoms with Crippen molar-refractivity contribution in [2.24, 2.45) is 34.0 Å². The lowest BCUT2D eigenvalue weighted by atomic mass is 9.43. The minimum absolute atomic E-state index is 0.0207. The van der Waals surface area contributed by atoms with E-state index in [0.717, 1.165) is 37.7 Å². The standard InChI is InChI=1S/C40H52O4Si/c1-6-38(4)26-35(44-45(32-18-12-8-13-19-32)33-20-14-9-15-21-33)39(5)29(2)22-24-40(25-23-34(41)36(39)40)30(3)37(38)43-28-42-27-31-16-10-7-11-17-31/h7-21,29-30,35-37,45H,6,22-28H2,1-5H3/t29-,30+,35-,36?,37+,38+,39+,40+/m1/s1. The van der Waals surface area contributed by atoms with Crippen molar-refractivity contribution in [3.8, 4) is 0 Å². The third kappa shape index (κ3) is 5.91. The summed E-state index contributed by atoms with van der Waals surface area (Å²) in [6, 6.07) is 32.0. The molecule has 0 N–H and O–H groups in total. The molecule has 1 unspecified atom stereocenters. The van der Waals surface area contributed by atoms with Crippen LogP contribution in [0.2, 0.25) is 0 Å². The molecule has 0 saturated heterocycles. The summed E-state index contributed by atoms with van der Waals surface area (Å²) in [5.41, 5.74) is 0.667. The lowest BCUT2D eigenvalue weighted by molar-refractivity contribution is -0.223. The van der Waals surface area contributed by atoms with Crippen LogP contribution in [0.25, 0.3) is 0 Å². The average Bonchev–Trinajstić information content (AvgIpc) is 3.43. The summed E-state index contributed by atoms with van der Waals surface area (Å²) in [5, 5.41) is 2.58. The maximum atomic E-state index is 14.2. The summed E-state index contributed by atoms with van der Waals surface area (Å²) in [4.78, 5) is 14.2. The van der Waals surface area contributed by atoms with Crippen LogP contribution in [0.1, 0.15) is 78.7 Å². The first-order valence-electron chi connectivity index (χ1n) is 17.2. The lowest BCUT2D eigenvalue weighted by Crippen LogP contribution is -2.65. The van der Waals surface area contributed by atoms with Crippen molar-refractivity contribution in [1.82, 2.24) is 0 Å². The molecule has 0 spiro atoms. The molecule has 2 bridgehead atoms. The molecule has 45 heavy (non-hydrogen) atoms. The molecule has 0 aromatic heterocycles. The van der Waals surface area contributed by atoms with Gasteiger partial charge in [-0.15, -0.1) is 0 Å². The van der Waals surface area contributed by atoms with Crippen molar-refractivity contribution in [3.63, 3.8) is 0 Å². The van der Waals surface area contributed by atoms with Crippen LogP contribution in [-0.4, -0.2) is 33.8 Å². The molecule has 0 amide bonds. The van der Waals surface area contributed by atoms with Gasteiger partial charge in [0.2, 0.25) is 9.04 Å². The third-order valence-electron chi connectivity index (χ3n) is 12.6. The molecule has 6 rings (SSSR count). The van der Waals surface area contributed by atoms with E-state index in [-0.39, 0.29) is 47.1 Å². The second kappa shape index (κ2) is 13.3. The SMILES string of the molecule is CC[C@@]1(C)C[C@@H](O[SiH](c2ccccc2)c2ccccc2)[C@@]2(C)C3C(=O)CC[C@@]3(CC[C@H]2C)[C@@H](C)[C@@H]1OCOCc1ccccc1. The molecule has 3 aromatic carbocycles. The summed E-state index contributed by atoms with van der Waals surface area (Å²) >= 11 is 0. The number of ketones is 1. The van der Waals surface area contributed by atoms with Crippen molar-refractivity contribution < 1.29 is 18.7 Å². The molecule has 3 saturated carbocycles. The largest absolute Gasteiger partial charge is 0.407 e. The van der Waals surface area contributed by atoms with Gasteiger partial charge in [-0.1, -0.05) is 126 Å². The van der Waals surface area contributed by atoms with Crippen LogP contribution in [0.3, 0.4) is 0 Å². The molecule has 0 aliphatic heterocycles. The van der Waals surface area contributed by atoms with Gasteiger partial charge in [0.1, 0.15) is 12.6 Å². The molecule has 240 valence electrons. The number of benzene rings is 3. The molecule has 8 atom stereocenters. The molecular weight excluding hydrogens is 573 g/mol. The van der Waals surface area contributed by atoms with E-state index in [1.54, 1.807) is 0 Å². The number of carbonyl (C=O) groups is 1. The highest BCUT2D eigenvalue weighted by atomic mass is 28.3. The Bertz CT molecular complexity index is 1380. The number of hydrogen-bond donors (Lipinski definition) is 0. The Labute approximate surface area is 272 Å². The van der Waals surface area contributed by atoms with Crippen LogP contribution in [0.4, 0.5) is 0 Å². The topological polar surface area (TPSA) is 44.8 Å². The Morgan fingerprint density at radius 3 is 2.04 bits per heavy atom. The monoisotopic (exact) mass is 624 g/mol. The van der Waals surface area contributed by atoms with Gasteiger partial charge in [0.05, 0.1) is 18.8 Å². The van der Waals surface area contributed by atoms with Crippen LogP contribution >= 0.6 is 0 Å². The normalized spacial score (nSPS) is 34.7. The maximum Gasteiger partial charge on any atom is 0.240 e. The molecule has 3 aliphatic rings. The fourth-order valence-electron chi connectivity index (χ4n) is 9.68. The number of ether oxygens (including phenoxy) is 2. The number of rotatable bonds is 10. The zero-order valence-corrected chi connectivity index (χ0v) is 29.1. The number of carbonyl (C=O) groups excluding carboxylic acids is 1. The molecule has 0 radical (unpaired) electrons. The van der Waals surface area contributed by atoms with E-state index in [4.69, 9.17) is 13.9 Å². The molecule has 5 heteroatoms. The first-order valence-corrected chi connectivity index (χ1v) is 18.9. The molecule has 4 nitrogen and oxygen atoms in total. The van der Waals surface area contributed by atoms with Crippen molar-refractivity contribution >= 4 is 25.2 Å². The van der Waals surface area contributed by atoms with Gasteiger partial charge in [0.25, 0.3) is 0 Å². The van der Waals surface area contributed by atoms with E-state index in [0.29, 0.717) is 24.7 Å². The summed E-state index contributed by atoms with van der Waals surface area (Å²) in [5.74, 6) is 1.06. The Morgan fingerprint density at radius 1 is 0.844 bits per heavy atom. The van der Waals surface area contributed by atoms with Crippen LogP contribution in [0, 0.1) is 34.0 Å². The maximum absolute atomic E-state index is 14.2. The molecule has 3 aliphatic carbocycles. The van der Waals surface area contributed by atoms with Crippen LogP contribution in [-0.2, 0) is 25.3 Å². The molecular formula is C40H52O4Si. The summed E-state index contributed by atoms with van der Waals surface area (Å²) in [6.45, 7) is 12.7. The highest BCUT2D eigenvalue weighted by Gasteiger charge is 2.68. The molecule has 3 fully saturated rings. The quantitative estimate of drug-likeness (QED) is 0.135. The van der Waals surface area contributed by atoms with Gasteiger partial charge in [-0.2, -0.15) is 0 Å². The predicted molar refractivity (Wildman–Crippen MR) is 184 cm³/mol. The van der Waals surface area contributed by atoms with E-state index in [2.05, 4.69) is 107 Å². The van der Waals surface area contributed by atoms with Crippen LogP contribution in [0.15, 0.2) is 91.0 Å². The second-order valence-electron chi connectivity index (χ2n) is 14.8. The first kappa shape index (κ1) is 32.4. The number of hydrogen-bond acceptors (Lipinski definition) is 4. The van der Waals surface area contributed by atoms with Gasteiger partial charge in [0, 0.05) is 17.8 Å². The Kier molecular flexibility index (Phi) is 9.55. The summed E-state index contributed by atoms with van der Waals surface area (Å²) < 4.78 is 20.7. The van der Waals surface area contributed by atoms with Gasteiger partial charge in [-0.3, -0.25) is 4.79 Å². The van der Waals surface area contributed by atoms with Gasteiger partial charge in [-0.25, -0.2) is 0 Å². The summed E-state index contributed by atoms with van der Waals surface area (Å²) in [6.07, 6.45) is 5.56. The van der Waals surface area contributed by atoms with Gasteiger partial charge in [0.15, 0.2) is 0 Å².